The van der Waals surface area contributed by atoms with Crippen molar-refractivity contribution >= 4 is 11.6 Å². The number of carbonyl (C=O) groups is 1. The molecule has 0 aromatic heterocycles. The third-order valence-corrected chi connectivity index (χ3v) is 2.65. The van der Waals surface area contributed by atoms with E-state index in [9.17, 15) is 4.79 Å². The minimum atomic E-state index is -0.0949. The van der Waals surface area contributed by atoms with Crippen molar-refractivity contribution in [3.05, 3.63) is 24.3 Å². The predicted molar refractivity (Wildman–Crippen MR) is 65.0 cm³/mol. The van der Waals surface area contributed by atoms with Crippen molar-refractivity contribution in [2.45, 2.75) is 26.0 Å². The Kier molecular flexibility index (Phi) is 3.49. The topological polar surface area (TPSA) is 67.6 Å². The SMILES string of the molecule is CC(=O)NN1CCCC1Oc1ccc(N)cc1. The zero-order valence-electron chi connectivity index (χ0n) is 9.85. The summed E-state index contributed by atoms with van der Waals surface area (Å²) >= 11 is 0. The molecule has 1 atom stereocenters. The number of benzene rings is 1. The molecule has 0 radical (unpaired) electrons. The molecule has 1 saturated heterocycles. The maximum Gasteiger partial charge on any atom is 0.231 e. The van der Waals surface area contributed by atoms with Gasteiger partial charge in [0.05, 0.1) is 0 Å². The molecule has 1 aliphatic rings. The van der Waals surface area contributed by atoms with Crippen LogP contribution in [0.15, 0.2) is 24.3 Å². The zero-order chi connectivity index (χ0) is 12.3. The minimum absolute atomic E-state index is 0.0715. The first-order valence-electron chi connectivity index (χ1n) is 5.71. The molecule has 1 amide bonds. The molecule has 1 heterocycles. The lowest BCUT2D eigenvalue weighted by Gasteiger charge is -2.25. The normalized spacial score (nSPS) is 20.2. The van der Waals surface area contributed by atoms with E-state index in [1.54, 1.807) is 12.1 Å². The highest BCUT2D eigenvalue weighted by Crippen LogP contribution is 2.21. The van der Waals surface area contributed by atoms with Gasteiger partial charge in [0.1, 0.15) is 5.75 Å². The van der Waals surface area contributed by atoms with Crippen molar-refractivity contribution in [2.24, 2.45) is 0 Å². The third kappa shape index (κ3) is 3.10. The van der Waals surface area contributed by atoms with Crippen LogP contribution in [0.2, 0.25) is 0 Å². The van der Waals surface area contributed by atoms with Gasteiger partial charge in [0.2, 0.25) is 5.91 Å². The second-order valence-electron chi connectivity index (χ2n) is 4.15. The molecule has 0 aliphatic carbocycles. The van der Waals surface area contributed by atoms with E-state index >= 15 is 0 Å². The Morgan fingerprint density at radius 2 is 2.18 bits per heavy atom. The summed E-state index contributed by atoms with van der Waals surface area (Å²) in [6.45, 7) is 2.32. The Morgan fingerprint density at radius 1 is 1.47 bits per heavy atom. The van der Waals surface area contributed by atoms with E-state index in [-0.39, 0.29) is 12.1 Å². The number of carbonyl (C=O) groups excluding carboxylic acids is 1. The Balaban J connectivity index is 1.97. The van der Waals surface area contributed by atoms with Crippen LogP contribution >= 0.6 is 0 Å². The minimum Gasteiger partial charge on any atom is -0.473 e. The maximum absolute atomic E-state index is 11.0. The molecule has 0 saturated carbocycles. The molecule has 1 aromatic carbocycles. The summed E-state index contributed by atoms with van der Waals surface area (Å²) in [5.41, 5.74) is 9.08. The fourth-order valence-corrected chi connectivity index (χ4v) is 1.89. The third-order valence-electron chi connectivity index (χ3n) is 2.65. The van der Waals surface area contributed by atoms with E-state index in [1.165, 1.54) is 6.92 Å². The summed E-state index contributed by atoms with van der Waals surface area (Å²) in [6.07, 6.45) is 1.83. The number of ether oxygens (including phenoxy) is 1. The fourth-order valence-electron chi connectivity index (χ4n) is 1.89. The average molecular weight is 235 g/mol. The molecule has 92 valence electrons. The number of hydrazine groups is 1. The molecule has 5 heteroatoms. The van der Waals surface area contributed by atoms with E-state index in [0.717, 1.165) is 25.1 Å². The molecule has 2 rings (SSSR count). The van der Waals surface area contributed by atoms with Crippen molar-refractivity contribution in [3.63, 3.8) is 0 Å². The van der Waals surface area contributed by atoms with E-state index in [1.807, 2.05) is 17.1 Å². The summed E-state index contributed by atoms with van der Waals surface area (Å²) < 4.78 is 5.80. The standard InChI is InChI=1S/C12H17N3O2/c1-9(16)14-15-8-2-3-12(15)17-11-6-4-10(13)5-7-11/h4-7,12H,2-3,8,13H2,1H3,(H,14,16). The monoisotopic (exact) mass is 235 g/mol. The lowest BCUT2D eigenvalue weighted by molar-refractivity contribution is -0.126. The van der Waals surface area contributed by atoms with Gasteiger partial charge in [-0.3, -0.25) is 10.2 Å². The smallest absolute Gasteiger partial charge is 0.231 e. The molecular formula is C12H17N3O2. The first kappa shape index (κ1) is 11.7. The first-order valence-corrected chi connectivity index (χ1v) is 5.71. The Labute approximate surface area is 101 Å². The van der Waals surface area contributed by atoms with Gasteiger partial charge in [-0.05, 0) is 30.7 Å². The fraction of sp³-hybridized carbons (Fsp3) is 0.417. The number of anilines is 1. The van der Waals surface area contributed by atoms with Crippen LogP contribution in [0.25, 0.3) is 0 Å². The van der Waals surface area contributed by atoms with Gasteiger partial charge in [-0.25, -0.2) is 0 Å². The molecule has 1 unspecified atom stereocenters. The molecule has 3 N–H and O–H groups in total. The second-order valence-corrected chi connectivity index (χ2v) is 4.15. The number of nitrogens with two attached hydrogens (primary N) is 1. The van der Waals surface area contributed by atoms with Crippen LogP contribution < -0.4 is 15.9 Å². The molecule has 0 bridgehead atoms. The quantitative estimate of drug-likeness (QED) is 0.770. The van der Waals surface area contributed by atoms with Crippen molar-refractivity contribution in [3.8, 4) is 5.75 Å². The highest BCUT2D eigenvalue weighted by molar-refractivity contribution is 5.72. The van der Waals surface area contributed by atoms with Crippen molar-refractivity contribution in [1.82, 2.24) is 10.4 Å². The molecule has 1 aliphatic heterocycles. The van der Waals surface area contributed by atoms with Gasteiger partial charge in [-0.2, -0.15) is 5.01 Å². The van der Waals surface area contributed by atoms with Gasteiger partial charge < -0.3 is 10.5 Å². The molecule has 5 nitrogen and oxygen atoms in total. The van der Waals surface area contributed by atoms with Crippen molar-refractivity contribution < 1.29 is 9.53 Å². The van der Waals surface area contributed by atoms with E-state index < -0.39 is 0 Å². The number of nitrogens with one attached hydrogen (secondary N) is 1. The lowest BCUT2D eigenvalue weighted by atomic mass is 10.3. The van der Waals surface area contributed by atoms with Crippen LogP contribution in [0, 0.1) is 0 Å². The van der Waals surface area contributed by atoms with Crippen molar-refractivity contribution in [1.29, 1.82) is 0 Å². The van der Waals surface area contributed by atoms with Crippen LogP contribution in [0.5, 0.6) is 5.75 Å². The van der Waals surface area contributed by atoms with Crippen molar-refractivity contribution in [2.75, 3.05) is 12.3 Å². The van der Waals surface area contributed by atoms with E-state index in [4.69, 9.17) is 10.5 Å². The number of nitrogen functional groups attached to an aromatic ring is 1. The van der Waals surface area contributed by atoms with E-state index in [2.05, 4.69) is 5.43 Å². The van der Waals surface area contributed by atoms with Gasteiger partial charge in [-0.1, -0.05) is 0 Å². The molecule has 17 heavy (non-hydrogen) atoms. The summed E-state index contributed by atoms with van der Waals surface area (Å²) in [5.74, 6) is 0.694. The molecule has 1 aromatic rings. The largest absolute Gasteiger partial charge is 0.473 e. The van der Waals surface area contributed by atoms with Gasteiger partial charge in [-0.15, -0.1) is 0 Å². The first-order chi connectivity index (χ1) is 8.15. The average Bonchev–Trinajstić information content (AvgIpc) is 2.68. The Morgan fingerprint density at radius 3 is 2.82 bits per heavy atom. The Bertz CT molecular complexity index is 391. The summed E-state index contributed by atoms with van der Waals surface area (Å²) in [4.78, 5) is 11.0. The summed E-state index contributed by atoms with van der Waals surface area (Å²) in [6, 6.07) is 7.26. The number of amides is 1. The molecular weight excluding hydrogens is 218 g/mol. The number of rotatable bonds is 3. The number of hydrogen-bond acceptors (Lipinski definition) is 4. The lowest BCUT2D eigenvalue weighted by Crippen LogP contribution is -2.46. The highest BCUT2D eigenvalue weighted by atomic mass is 16.5. The van der Waals surface area contributed by atoms with Crippen LogP contribution in [0.3, 0.4) is 0 Å². The summed E-state index contributed by atoms with van der Waals surface area (Å²) in [7, 11) is 0. The van der Waals surface area contributed by atoms with Crippen LogP contribution in [-0.2, 0) is 4.79 Å². The maximum atomic E-state index is 11.0. The Hall–Kier alpha value is -1.75. The second kappa shape index (κ2) is 5.05. The van der Waals surface area contributed by atoms with Crippen LogP contribution in [0.4, 0.5) is 5.69 Å². The van der Waals surface area contributed by atoms with Crippen LogP contribution in [0.1, 0.15) is 19.8 Å². The van der Waals surface area contributed by atoms with Gasteiger partial charge in [0.25, 0.3) is 0 Å². The number of hydrogen-bond donors (Lipinski definition) is 2. The predicted octanol–water partition coefficient (Wildman–Crippen LogP) is 1.12. The molecule has 1 fully saturated rings. The van der Waals surface area contributed by atoms with Gasteiger partial charge in [0.15, 0.2) is 6.23 Å². The highest BCUT2D eigenvalue weighted by Gasteiger charge is 2.26. The van der Waals surface area contributed by atoms with Gasteiger partial charge >= 0.3 is 0 Å². The number of nitrogens with zero attached hydrogens (tertiary/aromatic N) is 1. The summed E-state index contributed by atoms with van der Waals surface area (Å²) in [5, 5.41) is 1.83. The molecule has 0 spiro atoms. The zero-order valence-corrected chi connectivity index (χ0v) is 9.85. The van der Waals surface area contributed by atoms with Gasteiger partial charge in [0, 0.05) is 25.6 Å². The van der Waals surface area contributed by atoms with Crippen LogP contribution in [-0.4, -0.2) is 23.7 Å². The van der Waals surface area contributed by atoms with E-state index in [0.29, 0.717) is 5.69 Å².